The lowest BCUT2D eigenvalue weighted by Gasteiger charge is -2.19. The summed E-state index contributed by atoms with van der Waals surface area (Å²) in [7, 11) is 0. The fraction of sp³-hybridized carbons (Fsp3) is 0.179. The van der Waals surface area contributed by atoms with E-state index in [0.29, 0.717) is 17.5 Å². The first-order chi connectivity index (χ1) is 17.9. The fourth-order valence-corrected chi connectivity index (χ4v) is 4.62. The Morgan fingerprint density at radius 1 is 0.811 bits per heavy atom. The minimum atomic E-state index is 0.0766. The normalized spacial score (nSPS) is 11.4. The Morgan fingerprint density at radius 3 is 2.16 bits per heavy atom. The maximum absolute atomic E-state index is 5.98. The minimum Gasteiger partial charge on any atom is -0.368 e. The molecular weight excluding hydrogens is 480 g/mol. The standard InChI is InChI=1S/C28H28N8S/c1-28(2,3)20-16-14-19(15-17-20)24-34-35-27(36(24)22-12-8-5-9-13-22)37-18-23-31-25(29)33-26(32-23)30-21-10-6-4-7-11-21/h4-17H,18H2,1-3H3,(H3,29,30,31,32,33). The van der Waals surface area contributed by atoms with Crippen molar-refractivity contribution < 1.29 is 0 Å². The Morgan fingerprint density at radius 2 is 1.49 bits per heavy atom. The second-order valence-electron chi connectivity index (χ2n) is 9.52. The molecule has 0 unspecified atom stereocenters. The van der Waals surface area contributed by atoms with Crippen LogP contribution in [0.15, 0.2) is 90.1 Å². The van der Waals surface area contributed by atoms with Gasteiger partial charge in [0.05, 0.1) is 5.75 Å². The third-order valence-corrected chi connectivity index (χ3v) is 6.64. The van der Waals surface area contributed by atoms with Gasteiger partial charge in [-0.2, -0.15) is 15.0 Å². The number of thioether (sulfide) groups is 1. The van der Waals surface area contributed by atoms with Gasteiger partial charge in [-0.25, -0.2) is 0 Å². The lowest BCUT2D eigenvalue weighted by Crippen LogP contribution is -2.10. The SMILES string of the molecule is CC(C)(C)c1ccc(-c2nnc(SCc3nc(N)nc(Nc4ccccc4)n3)n2-c2ccccc2)cc1. The van der Waals surface area contributed by atoms with Crippen molar-refractivity contribution in [1.29, 1.82) is 0 Å². The lowest BCUT2D eigenvalue weighted by atomic mass is 9.87. The molecule has 0 saturated heterocycles. The monoisotopic (exact) mass is 508 g/mol. The molecule has 5 aromatic rings. The highest BCUT2D eigenvalue weighted by Crippen LogP contribution is 2.31. The van der Waals surface area contributed by atoms with Gasteiger partial charge in [-0.15, -0.1) is 10.2 Å². The highest BCUT2D eigenvalue weighted by Gasteiger charge is 2.19. The molecule has 0 spiro atoms. The van der Waals surface area contributed by atoms with Crippen LogP contribution in [-0.2, 0) is 11.2 Å². The van der Waals surface area contributed by atoms with E-state index in [1.54, 1.807) is 0 Å². The molecule has 0 radical (unpaired) electrons. The molecule has 0 amide bonds. The number of nitrogens with one attached hydrogen (secondary N) is 1. The molecular formula is C28H28N8S. The van der Waals surface area contributed by atoms with E-state index >= 15 is 0 Å². The van der Waals surface area contributed by atoms with E-state index in [1.165, 1.54) is 17.3 Å². The predicted molar refractivity (Wildman–Crippen MR) is 149 cm³/mol. The molecule has 0 aliphatic carbocycles. The smallest absolute Gasteiger partial charge is 0.232 e. The Labute approximate surface area is 220 Å². The van der Waals surface area contributed by atoms with E-state index in [9.17, 15) is 0 Å². The van der Waals surface area contributed by atoms with Gasteiger partial charge in [-0.1, -0.05) is 93.2 Å². The number of para-hydroxylation sites is 2. The van der Waals surface area contributed by atoms with Crippen molar-refractivity contribution in [2.24, 2.45) is 0 Å². The number of nitrogen functional groups attached to an aromatic ring is 1. The van der Waals surface area contributed by atoms with Crippen LogP contribution in [0.3, 0.4) is 0 Å². The molecule has 0 saturated carbocycles. The molecule has 0 aliphatic heterocycles. The van der Waals surface area contributed by atoms with E-state index in [4.69, 9.17) is 5.73 Å². The predicted octanol–water partition coefficient (Wildman–Crippen LogP) is 6.03. The molecule has 37 heavy (non-hydrogen) atoms. The average Bonchev–Trinajstić information content (AvgIpc) is 3.32. The van der Waals surface area contributed by atoms with Gasteiger partial charge in [-0.3, -0.25) is 4.57 Å². The van der Waals surface area contributed by atoms with Crippen molar-refractivity contribution in [1.82, 2.24) is 29.7 Å². The van der Waals surface area contributed by atoms with Crippen molar-refractivity contribution in [3.8, 4) is 17.1 Å². The maximum Gasteiger partial charge on any atom is 0.232 e. The highest BCUT2D eigenvalue weighted by molar-refractivity contribution is 7.98. The number of hydrogen-bond donors (Lipinski definition) is 2. The molecule has 0 bridgehead atoms. The molecule has 8 nitrogen and oxygen atoms in total. The van der Waals surface area contributed by atoms with Crippen LogP contribution in [-0.4, -0.2) is 29.7 Å². The van der Waals surface area contributed by atoms with Crippen molar-refractivity contribution in [2.75, 3.05) is 11.1 Å². The number of rotatable bonds is 7. The van der Waals surface area contributed by atoms with Crippen LogP contribution in [0.1, 0.15) is 32.2 Å². The molecule has 0 atom stereocenters. The van der Waals surface area contributed by atoms with Crippen molar-refractivity contribution >= 4 is 29.3 Å². The first-order valence-corrected chi connectivity index (χ1v) is 12.9. The topological polar surface area (TPSA) is 107 Å². The third kappa shape index (κ3) is 5.78. The molecule has 0 aliphatic rings. The van der Waals surface area contributed by atoms with Crippen LogP contribution in [0, 0.1) is 0 Å². The summed E-state index contributed by atoms with van der Waals surface area (Å²) in [6.07, 6.45) is 0. The number of benzene rings is 3. The van der Waals surface area contributed by atoms with Crippen LogP contribution < -0.4 is 11.1 Å². The van der Waals surface area contributed by atoms with E-state index in [2.05, 4.69) is 80.1 Å². The Bertz CT molecular complexity index is 1480. The number of aromatic nitrogens is 6. The van der Waals surface area contributed by atoms with Crippen molar-refractivity contribution in [3.05, 3.63) is 96.3 Å². The van der Waals surface area contributed by atoms with Gasteiger partial charge >= 0.3 is 0 Å². The summed E-state index contributed by atoms with van der Waals surface area (Å²) in [6, 6.07) is 28.3. The van der Waals surface area contributed by atoms with Gasteiger partial charge in [-0.05, 0) is 35.2 Å². The largest absolute Gasteiger partial charge is 0.368 e. The summed E-state index contributed by atoms with van der Waals surface area (Å²) in [4.78, 5) is 13.1. The summed E-state index contributed by atoms with van der Waals surface area (Å²) < 4.78 is 2.06. The molecule has 2 aromatic heterocycles. The summed E-state index contributed by atoms with van der Waals surface area (Å²) in [5.74, 6) is 2.33. The minimum absolute atomic E-state index is 0.0766. The fourth-order valence-electron chi connectivity index (χ4n) is 3.82. The molecule has 186 valence electrons. The Hall–Kier alpha value is -4.24. The number of nitrogens with two attached hydrogens (primary N) is 1. The summed E-state index contributed by atoms with van der Waals surface area (Å²) in [5, 5.41) is 13.0. The van der Waals surface area contributed by atoms with Crippen LogP contribution in [0.4, 0.5) is 17.6 Å². The van der Waals surface area contributed by atoms with E-state index in [0.717, 1.165) is 27.9 Å². The van der Waals surface area contributed by atoms with Crippen molar-refractivity contribution in [2.45, 2.75) is 37.1 Å². The number of nitrogens with zero attached hydrogens (tertiary/aromatic N) is 6. The second-order valence-corrected chi connectivity index (χ2v) is 10.5. The zero-order valence-electron chi connectivity index (χ0n) is 21.0. The second kappa shape index (κ2) is 10.4. The summed E-state index contributed by atoms with van der Waals surface area (Å²) in [5.41, 5.74) is 10.2. The van der Waals surface area contributed by atoms with Gasteiger partial charge in [0.1, 0.15) is 5.82 Å². The van der Waals surface area contributed by atoms with E-state index in [-0.39, 0.29) is 11.4 Å². The van der Waals surface area contributed by atoms with Gasteiger partial charge < -0.3 is 11.1 Å². The van der Waals surface area contributed by atoms with Crippen LogP contribution in [0.25, 0.3) is 17.1 Å². The van der Waals surface area contributed by atoms with Gasteiger partial charge in [0, 0.05) is 16.9 Å². The van der Waals surface area contributed by atoms with Crippen LogP contribution in [0.5, 0.6) is 0 Å². The van der Waals surface area contributed by atoms with Gasteiger partial charge in [0.25, 0.3) is 0 Å². The Kier molecular flexibility index (Phi) is 6.87. The van der Waals surface area contributed by atoms with Crippen molar-refractivity contribution in [3.63, 3.8) is 0 Å². The average molecular weight is 509 g/mol. The lowest BCUT2D eigenvalue weighted by molar-refractivity contribution is 0.590. The quantitative estimate of drug-likeness (QED) is 0.256. The van der Waals surface area contributed by atoms with Crippen LogP contribution >= 0.6 is 11.8 Å². The summed E-state index contributed by atoms with van der Waals surface area (Å²) in [6.45, 7) is 6.62. The van der Waals surface area contributed by atoms with Gasteiger partial charge in [0.2, 0.25) is 11.9 Å². The highest BCUT2D eigenvalue weighted by atomic mass is 32.2. The van der Waals surface area contributed by atoms with Gasteiger partial charge in [0.15, 0.2) is 11.0 Å². The number of hydrogen-bond acceptors (Lipinski definition) is 8. The van der Waals surface area contributed by atoms with Crippen LogP contribution in [0.2, 0.25) is 0 Å². The van der Waals surface area contributed by atoms with E-state index in [1.807, 2.05) is 60.7 Å². The summed E-state index contributed by atoms with van der Waals surface area (Å²) >= 11 is 1.49. The molecule has 2 heterocycles. The Balaban J connectivity index is 1.43. The van der Waals surface area contributed by atoms with E-state index < -0.39 is 0 Å². The molecule has 9 heteroatoms. The molecule has 5 rings (SSSR count). The first kappa shape index (κ1) is 24.5. The maximum atomic E-state index is 5.98. The number of anilines is 3. The molecule has 3 N–H and O–H groups in total. The third-order valence-electron chi connectivity index (χ3n) is 5.72. The zero-order valence-corrected chi connectivity index (χ0v) is 21.8. The molecule has 3 aromatic carbocycles. The first-order valence-electron chi connectivity index (χ1n) is 11.9. The molecule has 0 fully saturated rings. The zero-order chi connectivity index (χ0) is 25.8.